The van der Waals surface area contributed by atoms with Gasteiger partial charge in [-0.2, -0.15) is 0 Å². The van der Waals surface area contributed by atoms with Crippen LogP contribution in [0.3, 0.4) is 0 Å². The maximum absolute atomic E-state index is 11.7. The summed E-state index contributed by atoms with van der Waals surface area (Å²) in [5.74, 6) is 0.823. The second-order valence-electron chi connectivity index (χ2n) is 5.08. The molecule has 0 radical (unpaired) electrons. The van der Waals surface area contributed by atoms with E-state index in [4.69, 9.17) is 5.73 Å². The topological polar surface area (TPSA) is 67.2 Å². The van der Waals surface area contributed by atoms with E-state index in [1.165, 1.54) is 12.8 Å². The third-order valence-corrected chi connectivity index (χ3v) is 3.21. The Morgan fingerprint density at radius 2 is 2.06 bits per heavy atom. The highest BCUT2D eigenvalue weighted by atomic mass is 16.2. The van der Waals surface area contributed by atoms with Crippen molar-refractivity contribution in [3.05, 3.63) is 29.8 Å². The predicted octanol–water partition coefficient (Wildman–Crippen LogP) is 2.46. The Hall–Kier alpha value is -1.55. The van der Waals surface area contributed by atoms with E-state index < -0.39 is 0 Å². The molecule has 4 N–H and O–H groups in total. The molecule has 0 aromatic heterocycles. The molecular weight excluding hydrogens is 226 g/mol. The van der Waals surface area contributed by atoms with E-state index in [2.05, 4.69) is 17.6 Å². The number of anilines is 1. The number of nitrogens with one attached hydrogen (secondary N) is 2. The largest absolute Gasteiger partial charge is 0.335 e. The molecule has 0 spiro atoms. The monoisotopic (exact) mass is 247 g/mol. The fraction of sp³-hybridized carbons (Fsp3) is 0.500. The highest BCUT2D eigenvalue weighted by Gasteiger charge is 2.24. The normalized spacial score (nSPS) is 16.1. The third kappa shape index (κ3) is 4.04. The van der Waals surface area contributed by atoms with Gasteiger partial charge in [0.25, 0.3) is 0 Å². The van der Waals surface area contributed by atoms with Gasteiger partial charge < -0.3 is 16.4 Å². The maximum atomic E-state index is 11.7. The molecule has 18 heavy (non-hydrogen) atoms. The lowest BCUT2D eigenvalue weighted by Gasteiger charge is -2.14. The van der Waals surface area contributed by atoms with Crippen molar-refractivity contribution in [2.75, 3.05) is 5.32 Å². The number of hydrogen-bond acceptors (Lipinski definition) is 2. The number of amides is 2. The van der Waals surface area contributed by atoms with Crippen LogP contribution in [-0.2, 0) is 6.54 Å². The number of nitrogens with two attached hydrogens (primary N) is 1. The van der Waals surface area contributed by atoms with Crippen LogP contribution in [0, 0.1) is 5.92 Å². The summed E-state index contributed by atoms with van der Waals surface area (Å²) in [6.45, 7) is 2.57. The summed E-state index contributed by atoms with van der Waals surface area (Å²) < 4.78 is 0. The van der Waals surface area contributed by atoms with Gasteiger partial charge in [0.1, 0.15) is 0 Å². The van der Waals surface area contributed by atoms with Crippen LogP contribution < -0.4 is 16.4 Å². The lowest BCUT2D eigenvalue weighted by Crippen LogP contribution is -2.36. The molecule has 1 atom stereocenters. The van der Waals surface area contributed by atoms with Gasteiger partial charge in [0.15, 0.2) is 0 Å². The second-order valence-corrected chi connectivity index (χ2v) is 5.08. The number of benzene rings is 1. The molecule has 0 saturated heterocycles. The number of rotatable bonds is 5. The molecule has 1 aromatic carbocycles. The van der Waals surface area contributed by atoms with Crippen molar-refractivity contribution in [3.8, 4) is 0 Å². The van der Waals surface area contributed by atoms with Crippen LogP contribution in [0.1, 0.15) is 31.7 Å². The summed E-state index contributed by atoms with van der Waals surface area (Å²) in [5, 5.41) is 5.78. The first kappa shape index (κ1) is 12.9. The van der Waals surface area contributed by atoms with Gasteiger partial charge in [0, 0.05) is 18.3 Å². The van der Waals surface area contributed by atoms with Crippen molar-refractivity contribution >= 4 is 11.7 Å². The van der Waals surface area contributed by atoms with Gasteiger partial charge >= 0.3 is 6.03 Å². The van der Waals surface area contributed by atoms with Crippen molar-refractivity contribution in [2.45, 2.75) is 38.8 Å². The molecule has 1 fully saturated rings. The zero-order chi connectivity index (χ0) is 13.0. The zero-order valence-electron chi connectivity index (χ0n) is 10.8. The van der Waals surface area contributed by atoms with Gasteiger partial charge in [-0.1, -0.05) is 25.0 Å². The molecule has 1 aromatic rings. The van der Waals surface area contributed by atoms with Crippen molar-refractivity contribution in [1.29, 1.82) is 0 Å². The van der Waals surface area contributed by atoms with Crippen LogP contribution in [-0.4, -0.2) is 12.1 Å². The van der Waals surface area contributed by atoms with Crippen molar-refractivity contribution in [3.63, 3.8) is 0 Å². The highest BCUT2D eigenvalue weighted by molar-refractivity contribution is 5.89. The van der Waals surface area contributed by atoms with E-state index in [1.54, 1.807) is 0 Å². The van der Waals surface area contributed by atoms with Gasteiger partial charge in [-0.25, -0.2) is 4.79 Å². The number of hydrogen-bond donors (Lipinski definition) is 3. The van der Waals surface area contributed by atoms with Crippen LogP contribution in [0.25, 0.3) is 0 Å². The summed E-state index contributed by atoms with van der Waals surface area (Å²) in [7, 11) is 0. The first-order valence-electron chi connectivity index (χ1n) is 6.54. The lowest BCUT2D eigenvalue weighted by atomic mass is 10.2. The third-order valence-electron chi connectivity index (χ3n) is 3.21. The number of carbonyl (C=O) groups is 1. The fourth-order valence-electron chi connectivity index (χ4n) is 2.03. The zero-order valence-corrected chi connectivity index (χ0v) is 10.8. The average Bonchev–Trinajstić information content (AvgIpc) is 3.13. The van der Waals surface area contributed by atoms with E-state index in [-0.39, 0.29) is 12.1 Å². The van der Waals surface area contributed by atoms with Gasteiger partial charge in [-0.15, -0.1) is 0 Å². The SMILES string of the molecule is CC(CC1CC1)NC(=O)Nc1ccc(CN)cc1. The van der Waals surface area contributed by atoms with Crippen LogP contribution in [0.4, 0.5) is 10.5 Å². The van der Waals surface area contributed by atoms with E-state index in [0.717, 1.165) is 23.6 Å². The minimum atomic E-state index is -0.136. The minimum absolute atomic E-state index is 0.136. The van der Waals surface area contributed by atoms with E-state index in [1.807, 2.05) is 24.3 Å². The Morgan fingerprint density at radius 1 is 1.39 bits per heavy atom. The van der Waals surface area contributed by atoms with Gasteiger partial charge in [0.05, 0.1) is 0 Å². The predicted molar refractivity (Wildman–Crippen MR) is 73.3 cm³/mol. The Morgan fingerprint density at radius 3 is 2.61 bits per heavy atom. The van der Waals surface area contributed by atoms with Crippen LogP contribution >= 0.6 is 0 Å². The summed E-state index contributed by atoms with van der Waals surface area (Å²) in [6, 6.07) is 7.68. The number of carbonyl (C=O) groups excluding carboxylic acids is 1. The molecule has 98 valence electrons. The molecule has 0 heterocycles. The number of urea groups is 1. The van der Waals surface area contributed by atoms with Crippen LogP contribution in [0.15, 0.2) is 24.3 Å². The molecule has 2 amide bonds. The second kappa shape index (κ2) is 5.87. The molecule has 4 nitrogen and oxygen atoms in total. The van der Waals surface area contributed by atoms with Crippen LogP contribution in [0.2, 0.25) is 0 Å². The Kier molecular flexibility index (Phi) is 4.20. The molecule has 4 heteroatoms. The molecule has 0 bridgehead atoms. The summed E-state index contributed by atoms with van der Waals surface area (Å²) >= 11 is 0. The van der Waals surface area contributed by atoms with Gasteiger partial charge in [0.2, 0.25) is 0 Å². The molecule has 1 aliphatic carbocycles. The smallest absolute Gasteiger partial charge is 0.319 e. The van der Waals surface area contributed by atoms with E-state index in [9.17, 15) is 4.79 Å². The Bertz CT molecular complexity index is 398. The standard InChI is InChI=1S/C14H21N3O/c1-10(8-11-2-3-11)16-14(18)17-13-6-4-12(9-15)5-7-13/h4-7,10-11H,2-3,8-9,15H2,1H3,(H2,16,17,18). The van der Waals surface area contributed by atoms with Gasteiger partial charge in [-0.05, 0) is 37.0 Å². The Balaban J connectivity index is 1.78. The first-order valence-corrected chi connectivity index (χ1v) is 6.54. The highest BCUT2D eigenvalue weighted by Crippen LogP contribution is 2.33. The molecule has 1 aliphatic rings. The van der Waals surface area contributed by atoms with E-state index >= 15 is 0 Å². The Labute approximate surface area is 108 Å². The van der Waals surface area contributed by atoms with Gasteiger partial charge in [-0.3, -0.25) is 0 Å². The fourth-order valence-corrected chi connectivity index (χ4v) is 2.03. The summed E-state index contributed by atoms with van der Waals surface area (Å²) in [4.78, 5) is 11.7. The average molecular weight is 247 g/mol. The summed E-state index contributed by atoms with van der Waals surface area (Å²) in [6.07, 6.45) is 3.71. The van der Waals surface area contributed by atoms with Crippen molar-refractivity contribution < 1.29 is 4.79 Å². The van der Waals surface area contributed by atoms with Crippen molar-refractivity contribution in [1.82, 2.24) is 5.32 Å². The molecular formula is C14H21N3O. The maximum Gasteiger partial charge on any atom is 0.319 e. The lowest BCUT2D eigenvalue weighted by molar-refractivity contribution is 0.248. The summed E-state index contributed by atoms with van der Waals surface area (Å²) in [5.41, 5.74) is 7.37. The molecule has 0 aliphatic heterocycles. The van der Waals surface area contributed by atoms with Crippen molar-refractivity contribution in [2.24, 2.45) is 11.7 Å². The molecule has 1 unspecified atom stereocenters. The van der Waals surface area contributed by atoms with E-state index in [0.29, 0.717) is 6.54 Å². The quantitative estimate of drug-likeness (QED) is 0.748. The first-order chi connectivity index (χ1) is 8.67. The molecule has 2 rings (SSSR count). The van der Waals surface area contributed by atoms with Crippen LogP contribution in [0.5, 0.6) is 0 Å². The minimum Gasteiger partial charge on any atom is -0.335 e. The molecule has 1 saturated carbocycles.